The lowest BCUT2D eigenvalue weighted by atomic mass is 10.1. The molecule has 1 unspecified atom stereocenters. The highest BCUT2D eigenvalue weighted by molar-refractivity contribution is 4.94. The van der Waals surface area contributed by atoms with Gasteiger partial charge in [-0.05, 0) is 19.8 Å². The van der Waals surface area contributed by atoms with Crippen LogP contribution in [-0.2, 0) is 0 Å². The molecule has 0 N–H and O–H groups in total. The quantitative estimate of drug-likeness (QED) is 0.602. The predicted molar refractivity (Wildman–Crippen MR) is 61.8 cm³/mol. The molecule has 0 amide bonds. The van der Waals surface area contributed by atoms with E-state index in [4.69, 9.17) is 0 Å². The molecular weight excluding hydrogens is 172 g/mol. The van der Waals surface area contributed by atoms with Gasteiger partial charge in [0.25, 0.3) is 0 Å². The molecular formula is C12H24N2. The first-order valence-corrected chi connectivity index (χ1v) is 5.95. The van der Waals surface area contributed by atoms with E-state index in [2.05, 4.69) is 43.1 Å². The number of unbranched alkanes of at least 4 members (excludes halogenated alkanes) is 3. The van der Waals surface area contributed by atoms with Crippen LogP contribution in [0.2, 0.25) is 0 Å². The van der Waals surface area contributed by atoms with Gasteiger partial charge >= 0.3 is 0 Å². The van der Waals surface area contributed by atoms with E-state index in [9.17, 15) is 0 Å². The SMILES string of the molecule is CCCCCCC1N(C)C=CN1CC. The molecule has 82 valence electrons. The number of hydrogen-bond acceptors (Lipinski definition) is 2. The maximum absolute atomic E-state index is 2.42. The summed E-state index contributed by atoms with van der Waals surface area (Å²) in [6.45, 7) is 5.61. The van der Waals surface area contributed by atoms with Crippen molar-refractivity contribution in [3.05, 3.63) is 12.4 Å². The molecule has 1 heterocycles. The maximum Gasteiger partial charge on any atom is 0.100 e. The van der Waals surface area contributed by atoms with Gasteiger partial charge in [-0.2, -0.15) is 0 Å². The summed E-state index contributed by atoms with van der Waals surface area (Å²) in [4.78, 5) is 4.75. The van der Waals surface area contributed by atoms with Crippen molar-refractivity contribution in [3.63, 3.8) is 0 Å². The minimum absolute atomic E-state index is 0.622. The normalized spacial score (nSPS) is 20.9. The van der Waals surface area contributed by atoms with Gasteiger partial charge in [-0.25, -0.2) is 0 Å². The van der Waals surface area contributed by atoms with Gasteiger partial charge < -0.3 is 9.80 Å². The van der Waals surface area contributed by atoms with E-state index in [0.717, 1.165) is 6.54 Å². The summed E-state index contributed by atoms with van der Waals surface area (Å²) in [7, 11) is 2.18. The Morgan fingerprint density at radius 2 is 1.86 bits per heavy atom. The average Bonchev–Trinajstić information content (AvgIpc) is 2.55. The third-order valence-corrected chi connectivity index (χ3v) is 3.03. The Kier molecular flexibility index (Phi) is 4.85. The molecule has 0 aliphatic carbocycles. The van der Waals surface area contributed by atoms with Gasteiger partial charge in [0.05, 0.1) is 0 Å². The summed E-state index contributed by atoms with van der Waals surface area (Å²) >= 11 is 0. The second kappa shape index (κ2) is 5.94. The fraction of sp³-hybridized carbons (Fsp3) is 0.833. The second-order valence-corrected chi connectivity index (χ2v) is 4.12. The molecule has 1 aliphatic heterocycles. The third kappa shape index (κ3) is 2.93. The minimum atomic E-state index is 0.622. The Morgan fingerprint density at radius 3 is 2.50 bits per heavy atom. The molecule has 0 aromatic heterocycles. The third-order valence-electron chi connectivity index (χ3n) is 3.03. The van der Waals surface area contributed by atoms with Crippen LogP contribution in [0.1, 0.15) is 46.0 Å². The van der Waals surface area contributed by atoms with Gasteiger partial charge in [0.1, 0.15) is 6.17 Å². The largest absolute Gasteiger partial charge is 0.359 e. The van der Waals surface area contributed by atoms with Crippen LogP contribution in [0.15, 0.2) is 12.4 Å². The molecule has 0 bridgehead atoms. The molecule has 1 rings (SSSR count). The van der Waals surface area contributed by atoms with E-state index >= 15 is 0 Å². The molecule has 2 heteroatoms. The minimum Gasteiger partial charge on any atom is -0.359 e. The van der Waals surface area contributed by atoms with Crippen molar-refractivity contribution in [2.75, 3.05) is 13.6 Å². The van der Waals surface area contributed by atoms with Crippen LogP contribution in [0.4, 0.5) is 0 Å². The molecule has 1 aliphatic rings. The van der Waals surface area contributed by atoms with Crippen molar-refractivity contribution < 1.29 is 0 Å². The van der Waals surface area contributed by atoms with Crippen molar-refractivity contribution in [1.29, 1.82) is 0 Å². The number of rotatable bonds is 6. The van der Waals surface area contributed by atoms with Crippen molar-refractivity contribution in [3.8, 4) is 0 Å². The van der Waals surface area contributed by atoms with E-state index in [1.54, 1.807) is 0 Å². The summed E-state index contributed by atoms with van der Waals surface area (Å²) in [5, 5.41) is 0. The fourth-order valence-electron chi connectivity index (χ4n) is 2.06. The first-order valence-electron chi connectivity index (χ1n) is 5.95. The number of hydrogen-bond donors (Lipinski definition) is 0. The zero-order chi connectivity index (χ0) is 10.4. The van der Waals surface area contributed by atoms with Crippen LogP contribution < -0.4 is 0 Å². The van der Waals surface area contributed by atoms with Gasteiger partial charge in [-0.3, -0.25) is 0 Å². The van der Waals surface area contributed by atoms with Gasteiger partial charge in [0.15, 0.2) is 0 Å². The lowest BCUT2D eigenvalue weighted by Gasteiger charge is -2.29. The molecule has 0 aromatic carbocycles. The second-order valence-electron chi connectivity index (χ2n) is 4.12. The van der Waals surface area contributed by atoms with Crippen LogP contribution >= 0.6 is 0 Å². The summed E-state index contributed by atoms with van der Waals surface area (Å²) in [5.74, 6) is 0. The van der Waals surface area contributed by atoms with E-state index in [-0.39, 0.29) is 0 Å². The molecule has 14 heavy (non-hydrogen) atoms. The highest BCUT2D eigenvalue weighted by atomic mass is 15.4. The summed E-state index contributed by atoms with van der Waals surface area (Å²) in [6.07, 6.45) is 11.8. The van der Waals surface area contributed by atoms with Crippen molar-refractivity contribution in [2.45, 2.75) is 52.1 Å². The maximum atomic E-state index is 2.42. The van der Waals surface area contributed by atoms with Crippen LogP contribution in [0, 0.1) is 0 Å². The molecule has 0 aromatic rings. The van der Waals surface area contributed by atoms with Gasteiger partial charge in [0, 0.05) is 26.0 Å². The van der Waals surface area contributed by atoms with Gasteiger partial charge in [-0.15, -0.1) is 0 Å². The van der Waals surface area contributed by atoms with Crippen LogP contribution in [0.25, 0.3) is 0 Å². The van der Waals surface area contributed by atoms with E-state index in [1.165, 1.54) is 32.1 Å². The Bertz CT molecular complexity index is 177. The topological polar surface area (TPSA) is 6.48 Å². The Hall–Kier alpha value is -0.660. The summed E-state index contributed by atoms with van der Waals surface area (Å²) in [6, 6.07) is 0. The van der Waals surface area contributed by atoms with E-state index < -0.39 is 0 Å². The molecule has 1 atom stereocenters. The molecule has 0 saturated carbocycles. The lowest BCUT2D eigenvalue weighted by molar-refractivity contribution is 0.167. The van der Waals surface area contributed by atoms with Gasteiger partial charge in [0.2, 0.25) is 0 Å². The lowest BCUT2D eigenvalue weighted by Crippen LogP contribution is -2.36. The van der Waals surface area contributed by atoms with Crippen LogP contribution in [0.5, 0.6) is 0 Å². The molecule has 0 saturated heterocycles. The molecule has 2 nitrogen and oxygen atoms in total. The van der Waals surface area contributed by atoms with Crippen molar-refractivity contribution in [1.82, 2.24) is 9.80 Å². The molecule has 0 fully saturated rings. The first-order chi connectivity index (χ1) is 6.79. The Labute approximate surface area is 88.6 Å². The zero-order valence-electron chi connectivity index (χ0n) is 9.87. The smallest absolute Gasteiger partial charge is 0.100 e. The number of nitrogens with zero attached hydrogens (tertiary/aromatic N) is 2. The molecule has 0 spiro atoms. The van der Waals surface area contributed by atoms with E-state index in [1.807, 2.05) is 0 Å². The standard InChI is InChI=1S/C12H24N2/c1-4-6-7-8-9-12-13(3)10-11-14(12)5-2/h10-12H,4-9H2,1-3H3. The average molecular weight is 196 g/mol. The highest BCUT2D eigenvalue weighted by Crippen LogP contribution is 2.19. The van der Waals surface area contributed by atoms with Crippen LogP contribution in [0.3, 0.4) is 0 Å². The van der Waals surface area contributed by atoms with E-state index in [0.29, 0.717) is 6.17 Å². The summed E-state index contributed by atoms with van der Waals surface area (Å²) < 4.78 is 0. The van der Waals surface area contributed by atoms with Crippen molar-refractivity contribution in [2.24, 2.45) is 0 Å². The van der Waals surface area contributed by atoms with Crippen LogP contribution in [-0.4, -0.2) is 29.6 Å². The first kappa shape index (κ1) is 11.4. The molecule has 0 radical (unpaired) electrons. The monoisotopic (exact) mass is 196 g/mol. The predicted octanol–water partition coefficient (Wildman–Crippen LogP) is 3.02. The Balaban J connectivity index is 2.22. The van der Waals surface area contributed by atoms with Crippen molar-refractivity contribution >= 4 is 0 Å². The van der Waals surface area contributed by atoms with Gasteiger partial charge in [-0.1, -0.05) is 26.2 Å². The zero-order valence-corrected chi connectivity index (χ0v) is 9.87. The fourth-order valence-corrected chi connectivity index (χ4v) is 2.06. The summed E-state index contributed by atoms with van der Waals surface area (Å²) in [5.41, 5.74) is 0. The highest BCUT2D eigenvalue weighted by Gasteiger charge is 2.20. The Morgan fingerprint density at radius 1 is 1.07 bits per heavy atom.